The number of ether oxygens (including phenoxy) is 1. The summed E-state index contributed by atoms with van der Waals surface area (Å²) in [6.07, 6.45) is 4.82. The predicted octanol–water partition coefficient (Wildman–Crippen LogP) is 2.91. The van der Waals surface area contributed by atoms with E-state index < -0.39 is 5.97 Å². The van der Waals surface area contributed by atoms with E-state index in [4.69, 9.17) is 4.74 Å². The van der Waals surface area contributed by atoms with Gasteiger partial charge in [0.05, 0.1) is 24.6 Å². The van der Waals surface area contributed by atoms with Crippen molar-refractivity contribution in [2.75, 3.05) is 7.11 Å². The van der Waals surface area contributed by atoms with Gasteiger partial charge in [0.25, 0.3) is 0 Å². The van der Waals surface area contributed by atoms with Crippen molar-refractivity contribution in [3.63, 3.8) is 0 Å². The topological polar surface area (TPSA) is 67.9 Å². The van der Waals surface area contributed by atoms with E-state index in [2.05, 4.69) is 21.9 Å². The van der Waals surface area contributed by atoms with Gasteiger partial charge in [-0.15, -0.1) is 0 Å². The Bertz CT molecular complexity index is 605. The van der Waals surface area contributed by atoms with Crippen LogP contribution in [0.25, 0.3) is 11.4 Å². The van der Waals surface area contributed by atoms with Crippen LogP contribution in [0.1, 0.15) is 41.6 Å². The maximum absolute atomic E-state index is 11.8. The van der Waals surface area contributed by atoms with Gasteiger partial charge in [0.15, 0.2) is 0 Å². The molecule has 0 atom stereocenters. The molecule has 2 aromatic heterocycles. The van der Waals surface area contributed by atoms with Crippen LogP contribution in [0.2, 0.25) is 0 Å². The Morgan fingerprint density at radius 2 is 2.20 bits per heavy atom. The van der Waals surface area contributed by atoms with Gasteiger partial charge in [-0.1, -0.05) is 13.3 Å². The summed E-state index contributed by atoms with van der Waals surface area (Å²) in [5.74, 6) is 0.526. The molecule has 0 saturated heterocycles. The first kappa shape index (κ1) is 14.2. The summed E-state index contributed by atoms with van der Waals surface area (Å²) in [7, 11) is 1.37. The molecule has 5 nitrogen and oxygen atoms in total. The average Bonchev–Trinajstić information content (AvgIpc) is 2.93. The lowest BCUT2D eigenvalue weighted by molar-refractivity contribution is 0.0601. The van der Waals surface area contributed by atoms with Crippen molar-refractivity contribution in [1.82, 2.24) is 15.0 Å². The number of methoxy groups -OCH3 is 1. The highest BCUT2D eigenvalue weighted by Crippen LogP contribution is 2.21. The maximum atomic E-state index is 11.8. The minimum Gasteiger partial charge on any atom is -0.465 e. The number of nitrogens with zero attached hydrogens (tertiary/aromatic N) is 2. The van der Waals surface area contributed by atoms with Crippen molar-refractivity contribution >= 4 is 5.97 Å². The molecular formula is C15H19N3O2. The van der Waals surface area contributed by atoms with Gasteiger partial charge in [0, 0.05) is 12.1 Å². The second kappa shape index (κ2) is 6.32. The molecule has 5 heteroatoms. The molecule has 0 radical (unpaired) electrons. The van der Waals surface area contributed by atoms with Crippen LogP contribution in [0, 0.1) is 6.92 Å². The SMILES string of the molecule is CCCCc1ncc(-c2nc(C)ccc2C(=O)OC)[nH]1. The van der Waals surface area contributed by atoms with Gasteiger partial charge in [-0.25, -0.2) is 9.78 Å². The van der Waals surface area contributed by atoms with E-state index in [0.29, 0.717) is 11.3 Å². The number of carbonyl (C=O) groups is 1. The maximum Gasteiger partial charge on any atom is 0.340 e. The molecule has 0 aromatic carbocycles. The minimum absolute atomic E-state index is 0.391. The molecule has 0 aliphatic rings. The number of H-pyrrole nitrogens is 1. The lowest BCUT2D eigenvalue weighted by Gasteiger charge is -2.06. The Hall–Kier alpha value is -2.17. The fraction of sp³-hybridized carbons (Fsp3) is 0.400. The normalized spacial score (nSPS) is 10.6. The molecule has 0 bridgehead atoms. The number of imidazole rings is 1. The number of carbonyl (C=O) groups excluding carboxylic acids is 1. The van der Waals surface area contributed by atoms with Crippen LogP contribution < -0.4 is 0 Å². The van der Waals surface area contributed by atoms with Gasteiger partial charge in [-0.2, -0.15) is 0 Å². The van der Waals surface area contributed by atoms with E-state index in [1.54, 1.807) is 18.3 Å². The van der Waals surface area contributed by atoms with Crippen molar-refractivity contribution in [3.8, 4) is 11.4 Å². The largest absolute Gasteiger partial charge is 0.465 e. The van der Waals surface area contributed by atoms with Crippen LogP contribution in [0.15, 0.2) is 18.3 Å². The molecule has 0 spiro atoms. The fourth-order valence-corrected chi connectivity index (χ4v) is 1.99. The number of aromatic amines is 1. The zero-order valence-corrected chi connectivity index (χ0v) is 12.1. The van der Waals surface area contributed by atoms with E-state index in [9.17, 15) is 4.79 Å². The van der Waals surface area contributed by atoms with Crippen LogP contribution in [0.4, 0.5) is 0 Å². The minimum atomic E-state index is -0.391. The van der Waals surface area contributed by atoms with E-state index in [-0.39, 0.29) is 0 Å². The third-order valence-electron chi connectivity index (χ3n) is 3.09. The zero-order valence-electron chi connectivity index (χ0n) is 12.1. The van der Waals surface area contributed by atoms with Gasteiger partial charge in [0.2, 0.25) is 0 Å². The van der Waals surface area contributed by atoms with Crippen molar-refractivity contribution in [3.05, 3.63) is 35.4 Å². The number of hydrogen-bond donors (Lipinski definition) is 1. The van der Waals surface area contributed by atoms with Crippen molar-refractivity contribution in [1.29, 1.82) is 0 Å². The Morgan fingerprint density at radius 3 is 2.90 bits per heavy atom. The number of esters is 1. The second-order valence-electron chi connectivity index (χ2n) is 4.69. The summed E-state index contributed by atoms with van der Waals surface area (Å²) in [6, 6.07) is 3.53. The van der Waals surface area contributed by atoms with Gasteiger partial charge in [-0.3, -0.25) is 4.98 Å². The molecule has 2 heterocycles. The number of aryl methyl sites for hydroxylation is 2. The van der Waals surface area contributed by atoms with E-state index in [0.717, 1.165) is 36.5 Å². The van der Waals surface area contributed by atoms with Gasteiger partial charge >= 0.3 is 5.97 Å². The van der Waals surface area contributed by atoms with Crippen LogP contribution in [-0.2, 0) is 11.2 Å². The molecular weight excluding hydrogens is 254 g/mol. The number of hydrogen-bond acceptors (Lipinski definition) is 4. The number of pyridine rings is 1. The molecule has 0 aliphatic heterocycles. The highest BCUT2D eigenvalue weighted by atomic mass is 16.5. The predicted molar refractivity (Wildman–Crippen MR) is 76.5 cm³/mol. The quantitative estimate of drug-likeness (QED) is 0.850. The Balaban J connectivity index is 2.38. The summed E-state index contributed by atoms with van der Waals surface area (Å²) in [6.45, 7) is 4.03. The number of aromatic nitrogens is 3. The van der Waals surface area contributed by atoms with Crippen molar-refractivity contribution in [2.24, 2.45) is 0 Å². The third-order valence-corrected chi connectivity index (χ3v) is 3.09. The Labute approximate surface area is 118 Å². The second-order valence-corrected chi connectivity index (χ2v) is 4.69. The summed E-state index contributed by atoms with van der Waals surface area (Å²) in [5.41, 5.74) is 2.63. The standard InChI is InChI=1S/C15H19N3O2/c1-4-5-6-13-16-9-12(18-13)14-11(15(19)20-3)8-7-10(2)17-14/h7-9H,4-6H2,1-3H3,(H,16,18). The Morgan fingerprint density at radius 1 is 1.40 bits per heavy atom. The van der Waals surface area contributed by atoms with Gasteiger partial charge < -0.3 is 9.72 Å². The monoisotopic (exact) mass is 273 g/mol. The van der Waals surface area contributed by atoms with Crippen LogP contribution in [0.3, 0.4) is 0 Å². The highest BCUT2D eigenvalue weighted by molar-refractivity contribution is 5.95. The molecule has 2 rings (SSSR count). The van der Waals surface area contributed by atoms with Gasteiger partial charge in [0.1, 0.15) is 11.5 Å². The first-order valence-electron chi connectivity index (χ1n) is 6.76. The fourth-order valence-electron chi connectivity index (χ4n) is 1.99. The van der Waals surface area contributed by atoms with Crippen LogP contribution in [0.5, 0.6) is 0 Å². The zero-order chi connectivity index (χ0) is 14.5. The van der Waals surface area contributed by atoms with Crippen molar-refractivity contribution in [2.45, 2.75) is 33.1 Å². The molecule has 0 unspecified atom stereocenters. The lowest BCUT2D eigenvalue weighted by Crippen LogP contribution is -2.06. The van der Waals surface area contributed by atoms with E-state index >= 15 is 0 Å². The highest BCUT2D eigenvalue weighted by Gasteiger charge is 2.16. The third kappa shape index (κ3) is 3.04. The molecule has 106 valence electrons. The summed E-state index contributed by atoms with van der Waals surface area (Å²) in [5, 5.41) is 0. The molecule has 0 aliphatic carbocycles. The number of nitrogens with one attached hydrogen (secondary N) is 1. The lowest BCUT2D eigenvalue weighted by atomic mass is 10.1. The summed E-state index contributed by atoms with van der Waals surface area (Å²) in [4.78, 5) is 23.8. The average molecular weight is 273 g/mol. The molecule has 0 fully saturated rings. The molecule has 20 heavy (non-hydrogen) atoms. The molecule has 1 N–H and O–H groups in total. The smallest absolute Gasteiger partial charge is 0.340 e. The number of unbranched alkanes of at least 4 members (excludes halogenated alkanes) is 1. The molecule has 0 saturated carbocycles. The first-order chi connectivity index (χ1) is 9.65. The summed E-state index contributed by atoms with van der Waals surface area (Å²) < 4.78 is 4.80. The number of rotatable bonds is 5. The van der Waals surface area contributed by atoms with Crippen molar-refractivity contribution < 1.29 is 9.53 Å². The summed E-state index contributed by atoms with van der Waals surface area (Å²) >= 11 is 0. The van der Waals surface area contributed by atoms with Crippen LogP contribution in [-0.4, -0.2) is 28.0 Å². The van der Waals surface area contributed by atoms with Gasteiger partial charge in [-0.05, 0) is 25.5 Å². The first-order valence-corrected chi connectivity index (χ1v) is 6.76. The Kier molecular flexibility index (Phi) is 4.50. The molecule has 0 amide bonds. The van der Waals surface area contributed by atoms with E-state index in [1.807, 2.05) is 6.92 Å². The van der Waals surface area contributed by atoms with E-state index in [1.165, 1.54) is 7.11 Å². The molecule has 2 aromatic rings. The van der Waals surface area contributed by atoms with Crippen LogP contribution >= 0.6 is 0 Å².